The number of primary amides is 1. The number of rotatable bonds is 8. The normalized spacial score (nSPS) is 19.8. The van der Waals surface area contributed by atoms with Crippen LogP contribution in [0.1, 0.15) is 49.3 Å². The topological polar surface area (TPSA) is 156 Å². The smallest absolute Gasteiger partial charge is 0.243 e. The lowest BCUT2D eigenvalue weighted by Gasteiger charge is -2.27. The SMILES string of the molecule is CCc1cncc(CNC[C@@H](O)[C@@H]2Cc3ccc(c(F)c3)OCCCCC(=O)NC(CC(N)=O)C(=O)N2)c1. The molecule has 11 heteroatoms. The van der Waals surface area contributed by atoms with Crippen LogP contribution in [0.15, 0.2) is 36.7 Å². The Morgan fingerprint density at radius 1 is 1.24 bits per heavy atom. The highest BCUT2D eigenvalue weighted by atomic mass is 19.1. The van der Waals surface area contributed by atoms with E-state index in [1.165, 1.54) is 12.1 Å². The molecule has 0 aliphatic carbocycles. The van der Waals surface area contributed by atoms with Gasteiger partial charge in [-0.25, -0.2) is 4.39 Å². The first-order valence-electron chi connectivity index (χ1n) is 12.9. The zero-order valence-electron chi connectivity index (χ0n) is 21.5. The number of benzene rings is 1. The molecule has 3 atom stereocenters. The van der Waals surface area contributed by atoms with E-state index in [1.807, 2.05) is 13.0 Å². The van der Waals surface area contributed by atoms with Crippen LogP contribution < -0.4 is 26.4 Å². The number of hydrogen-bond acceptors (Lipinski definition) is 7. The van der Waals surface area contributed by atoms with Crippen molar-refractivity contribution in [3.8, 4) is 5.75 Å². The van der Waals surface area contributed by atoms with Gasteiger partial charge in [-0.1, -0.05) is 19.1 Å². The van der Waals surface area contributed by atoms with Crippen molar-refractivity contribution in [2.75, 3.05) is 13.2 Å². The Morgan fingerprint density at radius 3 is 2.76 bits per heavy atom. The quantitative estimate of drug-likeness (QED) is 0.340. The van der Waals surface area contributed by atoms with Gasteiger partial charge in [0.05, 0.1) is 25.2 Å². The number of pyridine rings is 1. The first kappa shape index (κ1) is 29.0. The number of nitrogens with one attached hydrogen (secondary N) is 3. The van der Waals surface area contributed by atoms with Crippen molar-refractivity contribution in [1.29, 1.82) is 0 Å². The summed E-state index contributed by atoms with van der Waals surface area (Å²) in [5, 5.41) is 19.5. The Balaban J connectivity index is 1.78. The van der Waals surface area contributed by atoms with Gasteiger partial charge in [-0.15, -0.1) is 0 Å². The zero-order chi connectivity index (χ0) is 27.5. The minimum atomic E-state index is -1.20. The highest BCUT2D eigenvalue weighted by Crippen LogP contribution is 2.20. The second kappa shape index (κ2) is 14.4. The molecule has 10 nitrogen and oxygen atoms in total. The predicted octanol–water partition coefficient (Wildman–Crippen LogP) is 0.884. The van der Waals surface area contributed by atoms with Gasteiger partial charge < -0.3 is 31.5 Å². The lowest BCUT2D eigenvalue weighted by atomic mass is 9.99. The van der Waals surface area contributed by atoms with Gasteiger partial charge in [0.15, 0.2) is 11.6 Å². The number of halogens is 1. The van der Waals surface area contributed by atoms with Gasteiger partial charge in [-0.05, 0) is 54.5 Å². The first-order valence-corrected chi connectivity index (χ1v) is 12.9. The number of aliphatic hydroxyl groups excluding tert-OH is 1. The number of nitrogens with zero attached hydrogens (tertiary/aromatic N) is 1. The fourth-order valence-corrected chi connectivity index (χ4v) is 4.19. The van der Waals surface area contributed by atoms with Gasteiger partial charge in [0.1, 0.15) is 6.04 Å². The molecule has 2 aliphatic heterocycles. The van der Waals surface area contributed by atoms with E-state index in [9.17, 15) is 23.9 Å². The van der Waals surface area contributed by atoms with Gasteiger partial charge in [-0.3, -0.25) is 19.4 Å². The molecule has 6 N–H and O–H groups in total. The van der Waals surface area contributed by atoms with Crippen LogP contribution in [0.4, 0.5) is 4.39 Å². The van der Waals surface area contributed by atoms with Gasteiger partial charge in [0.25, 0.3) is 0 Å². The molecule has 2 aliphatic rings. The molecule has 0 fully saturated rings. The van der Waals surface area contributed by atoms with Crippen LogP contribution in [0.5, 0.6) is 5.75 Å². The number of carbonyl (C=O) groups is 3. The second-order valence-corrected chi connectivity index (χ2v) is 9.43. The molecule has 1 aromatic heterocycles. The number of ether oxygens (including phenoxy) is 1. The Labute approximate surface area is 221 Å². The maximum atomic E-state index is 14.7. The predicted molar refractivity (Wildman–Crippen MR) is 138 cm³/mol. The largest absolute Gasteiger partial charge is 0.491 e. The zero-order valence-corrected chi connectivity index (χ0v) is 21.5. The van der Waals surface area contributed by atoms with Crippen molar-refractivity contribution in [3.63, 3.8) is 0 Å². The minimum absolute atomic E-state index is 0.0932. The maximum absolute atomic E-state index is 14.7. The van der Waals surface area contributed by atoms with Crippen LogP contribution in [0, 0.1) is 5.82 Å². The number of fused-ring (bicyclic) bond motifs is 13. The minimum Gasteiger partial charge on any atom is -0.491 e. The molecule has 206 valence electrons. The number of aryl methyl sites for hydroxylation is 1. The van der Waals surface area contributed by atoms with Gasteiger partial charge in [0.2, 0.25) is 17.7 Å². The number of carbonyl (C=O) groups excluding carboxylic acids is 3. The summed E-state index contributed by atoms with van der Waals surface area (Å²) in [6, 6.07) is 4.45. The fraction of sp³-hybridized carbons (Fsp3) is 0.481. The van der Waals surface area contributed by atoms with Gasteiger partial charge in [0, 0.05) is 31.9 Å². The van der Waals surface area contributed by atoms with E-state index in [1.54, 1.807) is 18.5 Å². The van der Waals surface area contributed by atoms with Crippen molar-refractivity contribution in [1.82, 2.24) is 20.9 Å². The summed E-state index contributed by atoms with van der Waals surface area (Å²) in [4.78, 5) is 41.3. The number of nitrogens with two attached hydrogens (primary N) is 1. The molecule has 0 saturated carbocycles. The lowest BCUT2D eigenvalue weighted by Crippen LogP contribution is -2.55. The molecule has 2 aromatic rings. The van der Waals surface area contributed by atoms with Crippen LogP contribution in [0.3, 0.4) is 0 Å². The molecule has 38 heavy (non-hydrogen) atoms. The van der Waals surface area contributed by atoms with Gasteiger partial charge in [-0.2, -0.15) is 0 Å². The lowest BCUT2D eigenvalue weighted by molar-refractivity contribution is -0.132. The van der Waals surface area contributed by atoms with Crippen LogP contribution in [-0.2, 0) is 33.8 Å². The van der Waals surface area contributed by atoms with Crippen LogP contribution in [0.25, 0.3) is 0 Å². The molecule has 4 rings (SSSR count). The number of hydrogen-bond donors (Lipinski definition) is 5. The molecule has 1 unspecified atom stereocenters. The van der Waals surface area contributed by atoms with Crippen molar-refractivity contribution in [3.05, 3.63) is 59.2 Å². The van der Waals surface area contributed by atoms with E-state index in [0.717, 1.165) is 17.5 Å². The number of aliphatic hydroxyl groups is 1. The Hall–Kier alpha value is -3.57. The summed E-state index contributed by atoms with van der Waals surface area (Å²) < 4.78 is 20.2. The van der Waals surface area contributed by atoms with Gasteiger partial charge >= 0.3 is 0 Å². The molecular weight excluding hydrogens is 493 g/mol. The van der Waals surface area contributed by atoms with Crippen molar-refractivity contribution in [2.45, 2.75) is 70.2 Å². The third kappa shape index (κ3) is 9.07. The standard InChI is InChI=1S/C27H36FN5O5/c1-2-17-9-19(14-30-13-17)15-31-16-23(34)21-11-18-6-7-24(20(28)10-18)38-8-4-3-5-26(36)32-22(12-25(29)35)27(37)33-21/h6-7,9-10,13-14,21-23,31,34H,2-5,8,11-12,15-16H2,1H3,(H2,29,35)(H,32,36)(H,33,37)/t21-,22?,23+/m0/s1. The first-order chi connectivity index (χ1) is 18.2. The Morgan fingerprint density at radius 2 is 2.03 bits per heavy atom. The number of amides is 3. The van der Waals surface area contributed by atoms with Crippen molar-refractivity contribution < 1.29 is 28.6 Å². The van der Waals surface area contributed by atoms with E-state index >= 15 is 0 Å². The highest BCUT2D eigenvalue weighted by Gasteiger charge is 2.28. The Kier molecular flexibility index (Phi) is 11.0. The van der Waals surface area contributed by atoms with Crippen molar-refractivity contribution in [2.24, 2.45) is 5.73 Å². The molecule has 0 spiro atoms. The van der Waals surface area contributed by atoms with E-state index in [-0.39, 0.29) is 31.7 Å². The monoisotopic (exact) mass is 529 g/mol. The highest BCUT2D eigenvalue weighted by molar-refractivity contribution is 5.91. The van der Waals surface area contributed by atoms with Crippen LogP contribution >= 0.6 is 0 Å². The summed E-state index contributed by atoms with van der Waals surface area (Å²) in [5.41, 5.74) is 7.88. The molecule has 0 saturated heterocycles. The average Bonchev–Trinajstić information content (AvgIpc) is 2.88. The maximum Gasteiger partial charge on any atom is 0.243 e. The van der Waals surface area contributed by atoms with Crippen LogP contribution in [0.2, 0.25) is 0 Å². The average molecular weight is 530 g/mol. The fourth-order valence-electron chi connectivity index (χ4n) is 4.19. The second-order valence-electron chi connectivity index (χ2n) is 9.43. The summed E-state index contributed by atoms with van der Waals surface area (Å²) in [6.45, 7) is 2.81. The van der Waals surface area contributed by atoms with E-state index in [4.69, 9.17) is 10.5 Å². The third-order valence-corrected chi connectivity index (χ3v) is 6.30. The molecule has 0 radical (unpaired) electrons. The molecule has 3 heterocycles. The Bertz CT molecular complexity index is 1120. The molecule has 2 bridgehead atoms. The van der Waals surface area contributed by atoms with Crippen LogP contribution in [-0.4, -0.2) is 59.2 Å². The summed E-state index contributed by atoms with van der Waals surface area (Å²) in [5.74, 6) is -2.30. The summed E-state index contributed by atoms with van der Waals surface area (Å²) >= 11 is 0. The summed E-state index contributed by atoms with van der Waals surface area (Å²) in [7, 11) is 0. The third-order valence-electron chi connectivity index (χ3n) is 6.30. The summed E-state index contributed by atoms with van der Waals surface area (Å²) in [6.07, 6.45) is 4.03. The number of aromatic nitrogens is 1. The molecular formula is C27H36FN5O5. The van der Waals surface area contributed by atoms with Crippen molar-refractivity contribution >= 4 is 17.7 Å². The van der Waals surface area contributed by atoms with E-state index in [2.05, 4.69) is 20.9 Å². The van der Waals surface area contributed by atoms with E-state index < -0.39 is 48.1 Å². The molecule has 1 aromatic carbocycles. The molecule has 3 amide bonds. The van der Waals surface area contributed by atoms with E-state index in [0.29, 0.717) is 24.9 Å².